The van der Waals surface area contributed by atoms with Gasteiger partial charge < -0.3 is 15.0 Å². The number of hydrogen-bond donors (Lipinski definition) is 2. The number of ether oxygens (including phenoxy) is 1. The molecule has 0 saturated heterocycles. The number of aromatic amines is 1. The number of nitrogens with zero attached hydrogens (tertiary/aromatic N) is 1. The van der Waals surface area contributed by atoms with Crippen LogP contribution in [0.3, 0.4) is 0 Å². The zero-order valence-electron chi connectivity index (χ0n) is 15.4. The predicted molar refractivity (Wildman–Crippen MR) is 110 cm³/mol. The number of thiophene rings is 1. The number of rotatable bonds is 5. The quantitative estimate of drug-likeness (QED) is 0.682. The predicted octanol–water partition coefficient (Wildman–Crippen LogP) is 3.95. The highest BCUT2D eigenvalue weighted by Gasteiger charge is 2.14. The molecule has 0 aliphatic rings. The third-order valence-electron chi connectivity index (χ3n) is 3.99. The normalized spacial score (nSPS) is 10.4. The molecule has 7 nitrogen and oxygen atoms in total. The van der Waals surface area contributed by atoms with Crippen LogP contribution in [0.4, 0.5) is 16.2 Å². The number of H-pyrrole nitrogens is 1. The minimum atomic E-state index is -0.509. The van der Waals surface area contributed by atoms with Crippen molar-refractivity contribution in [2.24, 2.45) is 0 Å². The van der Waals surface area contributed by atoms with Gasteiger partial charge in [-0.15, -0.1) is 11.3 Å². The van der Waals surface area contributed by atoms with Crippen molar-refractivity contribution in [3.63, 3.8) is 0 Å². The summed E-state index contributed by atoms with van der Waals surface area (Å²) < 4.78 is 4.94. The lowest BCUT2D eigenvalue weighted by Crippen LogP contribution is -2.27. The van der Waals surface area contributed by atoms with E-state index in [1.807, 2.05) is 17.5 Å². The zero-order chi connectivity index (χ0) is 20.1. The van der Waals surface area contributed by atoms with Crippen molar-refractivity contribution in [2.75, 3.05) is 23.9 Å². The van der Waals surface area contributed by atoms with Crippen LogP contribution in [0.15, 0.2) is 58.7 Å². The number of carbonyl (C=O) groups is 2. The van der Waals surface area contributed by atoms with E-state index in [1.165, 1.54) is 22.3 Å². The smallest absolute Gasteiger partial charge is 0.413 e. The van der Waals surface area contributed by atoms with Gasteiger partial charge in [-0.05, 0) is 54.8 Å². The number of amides is 2. The van der Waals surface area contributed by atoms with E-state index < -0.39 is 17.6 Å². The summed E-state index contributed by atoms with van der Waals surface area (Å²) in [5, 5.41) is 4.60. The Labute approximate surface area is 165 Å². The highest BCUT2D eigenvalue weighted by molar-refractivity contribution is 7.13. The van der Waals surface area contributed by atoms with Gasteiger partial charge in [0.1, 0.15) is 5.56 Å². The van der Waals surface area contributed by atoms with E-state index in [0.29, 0.717) is 17.1 Å². The maximum atomic E-state index is 12.4. The van der Waals surface area contributed by atoms with Gasteiger partial charge in [0.2, 0.25) is 0 Å². The van der Waals surface area contributed by atoms with Gasteiger partial charge in [-0.25, -0.2) is 4.79 Å². The van der Waals surface area contributed by atoms with Crippen molar-refractivity contribution < 1.29 is 14.3 Å². The molecule has 0 aliphatic heterocycles. The van der Waals surface area contributed by atoms with Crippen molar-refractivity contribution in [3.05, 3.63) is 69.8 Å². The summed E-state index contributed by atoms with van der Waals surface area (Å²) in [5.74, 6) is -0.509. The summed E-state index contributed by atoms with van der Waals surface area (Å²) in [6, 6.07) is 13.7. The third-order valence-corrected chi connectivity index (χ3v) is 4.90. The van der Waals surface area contributed by atoms with Crippen LogP contribution in [0, 0.1) is 0 Å². The molecule has 0 atom stereocenters. The lowest BCUT2D eigenvalue weighted by atomic mass is 10.2. The van der Waals surface area contributed by atoms with Crippen molar-refractivity contribution in [1.82, 2.24) is 4.98 Å². The number of carbonyl (C=O) groups excluding carboxylic acids is 2. The fourth-order valence-corrected chi connectivity index (χ4v) is 3.23. The first kappa shape index (κ1) is 19.4. The molecule has 2 aromatic heterocycles. The molecule has 28 heavy (non-hydrogen) atoms. The Morgan fingerprint density at radius 2 is 1.89 bits per heavy atom. The first-order chi connectivity index (χ1) is 13.5. The van der Waals surface area contributed by atoms with Gasteiger partial charge in [-0.1, -0.05) is 6.07 Å². The van der Waals surface area contributed by atoms with E-state index >= 15 is 0 Å². The molecule has 0 unspecified atom stereocenters. The molecule has 1 aromatic carbocycles. The Kier molecular flexibility index (Phi) is 5.90. The van der Waals surface area contributed by atoms with E-state index in [1.54, 1.807) is 44.3 Å². The Hall–Kier alpha value is -3.39. The van der Waals surface area contributed by atoms with Gasteiger partial charge in [0.05, 0.1) is 17.2 Å². The standard InChI is InChI=1S/C20H19N3O4S/c1-3-27-20(26)23(2)14-8-6-13(7-9-14)21-18(24)15-10-11-16(22-19(15)25)17-5-4-12-28-17/h4-12H,3H2,1-2H3,(H,21,24)(H,22,25). The largest absolute Gasteiger partial charge is 0.449 e. The number of anilines is 2. The molecule has 8 heteroatoms. The van der Waals surface area contributed by atoms with Gasteiger partial charge in [0.15, 0.2) is 0 Å². The van der Waals surface area contributed by atoms with Gasteiger partial charge in [0.25, 0.3) is 11.5 Å². The van der Waals surface area contributed by atoms with E-state index in [2.05, 4.69) is 10.3 Å². The van der Waals surface area contributed by atoms with E-state index in [-0.39, 0.29) is 12.2 Å². The first-order valence-corrected chi connectivity index (χ1v) is 9.46. The number of benzene rings is 1. The molecule has 0 saturated carbocycles. The molecule has 0 bridgehead atoms. The molecule has 0 aliphatic carbocycles. The van der Waals surface area contributed by atoms with Crippen LogP contribution >= 0.6 is 11.3 Å². The summed E-state index contributed by atoms with van der Waals surface area (Å²) >= 11 is 1.50. The summed E-state index contributed by atoms with van der Waals surface area (Å²) in [6.45, 7) is 2.02. The maximum absolute atomic E-state index is 12.4. The molecule has 0 fully saturated rings. The van der Waals surface area contributed by atoms with Crippen molar-refractivity contribution in [2.45, 2.75) is 6.92 Å². The van der Waals surface area contributed by atoms with Gasteiger partial charge in [-0.3, -0.25) is 14.5 Å². The van der Waals surface area contributed by atoms with Gasteiger partial charge in [-0.2, -0.15) is 0 Å². The Bertz CT molecular complexity index is 1030. The molecule has 144 valence electrons. The van der Waals surface area contributed by atoms with Crippen LogP contribution in [-0.2, 0) is 4.74 Å². The van der Waals surface area contributed by atoms with Crippen molar-refractivity contribution >= 4 is 34.7 Å². The lowest BCUT2D eigenvalue weighted by molar-refractivity contribution is 0.102. The Morgan fingerprint density at radius 3 is 2.50 bits per heavy atom. The second kappa shape index (κ2) is 8.53. The van der Waals surface area contributed by atoms with Crippen LogP contribution in [-0.4, -0.2) is 30.6 Å². The van der Waals surface area contributed by atoms with Gasteiger partial charge in [0, 0.05) is 18.4 Å². The fraction of sp³-hybridized carbons (Fsp3) is 0.150. The summed E-state index contributed by atoms with van der Waals surface area (Å²) in [7, 11) is 1.60. The summed E-state index contributed by atoms with van der Waals surface area (Å²) in [5.41, 5.74) is 1.36. The number of nitrogens with one attached hydrogen (secondary N) is 2. The van der Waals surface area contributed by atoms with Gasteiger partial charge >= 0.3 is 6.09 Å². The maximum Gasteiger partial charge on any atom is 0.413 e. The number of pyridine rings is 1. The van der Waals surface area contributed by atoms with Crippen LogP contribution in [0.5, 0.6) is 0 Å². The molecule has 3 aromatic rings. The first-order valence-electron chi connectivity index (χ1n) is 8.58. The van der Waals surface area contributed by atoms with E-state index in [4.69, 9.17) is 4.74 Å². The Balaban J connectivity index is 1.71. The topological polar surface area (TPSA) is 91.5 Å². The average molecular weight is 397 g/mol. The molecule has 2 N–H and O–H groups in total. The van der Waals surface area contributed by atoms with Crippen molar-refractivity contribution in [1.29, 1.82) is 0 Å². The van der Waals surface area contributed by atoms with Crippen LogP contribution in [0.2, 0.25) is 0 Å². The average Bonchev–Trinajstić information content (AvgIpc) is 3.23. The Morgan fingerprint density at radius 1 is 1.14 bits per heavy atom. The molecule has 2 heterocycles. The summed E-state index contributed by atoms with van der Waals surface area (Å²) in [6.07, 6.45) is -0.461. The minimum absolute atomic E-state index is 0.0213. The van der Waals surface area contributed by atoms with Crippen LogP contribution < -0.4 is 15.8 Å². The van der Waals surface area contributed by atoms with Crippen molar-refractivity contribution in [3.8, 4) is 10.6 Å². The van der Waals surface area contributed by atoms with Crippen LogP contribution in [0.1, 0.15) is 17.3 Å². The molecule has 2 amide bonds. The van der Waals surface area contributed by atoms with E-state index in [0.717, 1.165) is 4.88 Å². The molecule has 0 radical (unpaired) electrons. The zero-order valence-corrected chi connectivity index (χ0v) is 16.2. The minimum Gasteiger partial charge on any atom is -0.449 e. The second-order valence-electron chi connectivity index (χ2n) is 5.85. The monoisotopic (exact) mass is 397 g/mol. The highest BCUT2D eigenvalue weighted by atomic mass is 32.1. The third kappa shape index (κ3) is 4.29. The molecule has 3 rings (SSSR count). The van der Waals surface area contributed by atoms with E-state index in [9.17, 15) is 14.4 Å². The lowest BCUT2D eigenvalue weighted by Gasteiger charge is -2.16. The van der Waals surface area contributed by atoms with Crippen LogP contribution in [0.25, 0.3) is 10.6 Å². The summed E-state index contributed by atoms with van der Waals surface area (Å²) in [4.78, 5) is 41.5. The number of aromatic nitrogens is 1. The molecule has 0 spiro atoms. The highest BCUT2D eigenvalue weighted by Crippen LogP contribution is 2.22. The fourth-order valence-electron chi connectivity index (χ4n) is 2.52. The second-order valence-corrected chi connectivity index (χ2v) is 6.80. The SMILES string of the molecule is CCOC(=O)N(C)c1ccc(NC(=O)c2ccc(-c3cccs3)[nH]c2=O)cc1. The molecular weight excluding hydrogens is 378 g/mol. The molecular formula is C20H19N3O4S. The number of hydrogen-bond acceptors (Lipinski definition) is 5.